The minimum absolute atomic E-state index is 0.109. The van der Waals surface area contributed by atoms with Gasteiger partial charge in [-0.05, 0) is 48.0 Å². The number of nitrogens with zero attached hydrogens (tertiary/aromatic N) is 1. The average molecular weight is 412 g/mol. The molecule has 5 nitrogen and oxygen atoms in total. The molecular weight excluding hydrogens is 397 g/mol. The van der Waals surface area contributed by atoms with E-state index in [1.165, 1.54) is 18.2 Å². The number of fused-ring (bicyclic) bond motifs is 1. The first-order valence-electron chi connectivity index (χ1n) is 8.96. The van der Waals surface area contributed by atoms with Crippen molar-refractivity contribution in [2.45, 2.75) is 12.8 Å². The second-order valence-corrected chi connectivity index (χ2v) is 6.49. The number of carbonyl (C=O) groups excluding carboxylic acids is 1. The summed E-state index contributed by atoms with van der Waals surface area (Å²) in [6.45, 7) is 0. The summed E-state index contributed by atoms with van der Waals surface area (Å²) in [5.41, 5.74) is 2.97. The standard InChI is InChI=1S/C22H15F3N2O3/c23-22(24,25)30-17-8-3-5-14(11-17)12-20(28)26-16-7-4-6-15(13-16)21-27-18-9-1-2-10-19(18)29-21/h1-11,13H,12H2,(H,26,28). The first-order chi connectivity index (χ1) is 14.4. The highest BCUT2D eigenvalue weighted by Gasteiger charge is 2.31. The maximum atomic E-state index is 12.4. The lowest BCUT2D eigenvalue weighted by Crippen LogP contribution is -2.18. The molecule has 1 heterocycles. The highest BCUT2D eigenvalue weighted by atomic mass is 19.4. The van der Waals surface area contributed by atoms with Crippen LogP contribution in [0.25, 0.3) is 22.6 Å². The summed E-state index contributed by atoms with van der Waals surface area (Å²) in [7, 11) is 0. The van der Waals surface area contributed by atoms with Crippen molar-refractivity contribution in [3.63, 3.8) is 0 Å². The summed E-state index contributed by atoms with van der Waals surface area (Å²) in [5, 5.41) is 2.73. The molecule has 30 heavy (non-hydrogen) atoms. The Kier molecular flexibility index (Phi) is 5.14. The van der Waals surface area contributed by atoms with Crippen molar-refractivity contribution in [2.75, 3.05) is 5.32 Å². The number of alkyl halides is 3. The Morgan fingerprint density at radius 3 is 2.60 bits per heavy atom. The van der Waals surface area contributed by atoms with E-state index in [2.05, 4.69) is 15.0 Å². The van der Waals surface area contributed by atoms with Crippen molar-refractivity contribution in [3.05, 3.63) is 78.4 Å². The fourth-order valence-electron chi connectivity index (χ4n) is 2.97. The Morgan fingerprint density at radius 1 is 1.00 bits per heavy atom. The van der Waals surface area contributed by atoms with Gasteiger partial charge in [-0.1, -0.05) is 30.3 Å². The summed E-state index contributed by atoms with van der Waals surface area (Å²) in [5.74, 6) is -0.330. The number of ether oxygens (including phenoxy) is 1. The predicted octanol–water partition coefficient (Wildman–Crippen LogP) is 5.57. The molecule has 8 heteroatoms. The van der Waals surface area contributed by atoms with Gasteiger partial charge in [0.1, 0.15) is 11.3 Å². The Balaban J connectivity index is 1.46. The number of hydrogen-bond acceptors (Lipinski definition) is 4. The van der Waals surface area contributed by atoms with E-state index in [1.54, 1.807) is 30.3 Å². The van der Waals surface area contributed by atoms with E-state index in [4.69, 9.17) is 4.42 Å². The minimum Gasteiger partial charge on any atom is -0.436 e. The van der Waals surface area contributed by atoms with Gasteiger partial charge in [0.25, 0.3) is 0 Å². The summed E-state index contributed by atoms with van der Waals surface area (Å²) < 4.78 is 46.7. The van der Waals surface area contributed by atoms with Crippen LogP contribution in [0.3, 0.4) is 0 Å². The van der Waals surface area contributed by atoms with Gasteiger partial charge in [0.15, 0.2) is 5.58 Å². The number of nitrogens with one attached hydrogen (secondary N) is 1. The van der Waals surface area contributed by atoms with E-state index in [0.29, 0.717) is 28.3 Å². The van der Waals surface area contributed by atoms with Gasteiger partial charge < -0.3 is 14.5 Å². The first kappa shape index (κ1) is 19.5. The van der Waals surface area contributed by atoms with Crippen LogP contribution < -0.4 is 10.1 Å². The van der Waals surface area contributed by atoms with E-state index < -0.39 is 6.36 Å². The topological polar surface area (TPSA) is 64.4 Å². The lowest BCUT2D eigenvalue weighted by Gasteiger charge is -2.10. The maximum absolute atomic E-state index is 12.4. The average Bonchev–Trinajstić information content (AvgIpc) is 3.11. The maximum Gasteiger partial charge on any atom is 0.573 e. The van der Waals surface area contributed by atoms with Crippen molar-refractivity contribution in [1.82, 2.24) is 4.98 Å². The van der Waals surface area contributed by atoms with Gasteiger partial charge >= 0.3 is 6.36 Å². The zero-order valence-corrected chi connectivity index (χ0v) is 15.4. The molecular formula is C22H15F3N2O3. The molecule has 1 aromatic heterocycles. The van der Waals surface area contributed by atoms with Gasteiger partial charge in [0.05, 0.1) is 6.42 Å². The molecule has 4 aromatic rings. The van der Waals surface area contributed by atoms with Crippen LogP contribution in [0.5, 0.6) is 5.75 Å². The number of hydrogen-bond donors (Lipinski definition) is 1. The summed E-state index contributed by atoms with van der Waals surface area (Å²) in [6, 6.07) is 19.6. The SMILES string of the molecule is O=C(Cc1cccc(OC(F)(F)F)c1)Nc1cccc(-c2nc3ccccc3o2)c1. The van der Waals surface area contributed by atoms with Gasteiger partial charge in [-0.15, -0.1) is 13.2 Å². The third-order valence-corrected chi connectivity index (χ3v) is 4.18. The Bertz CT molecular complexity index is 1170. The van der Waals surface area contributed by atoms with Crippen molar-refractivity contribution >= 4 is 22.7 Å². The van der Waals surface area contributed by atoms with Gasteiger partial charge in [-0.2, -0.15) is 0 Å². The van der Waals surface area contributed by atoms with E-state index >= 15 is 0 Å². The molecule has 0 aliphatic rings. The third-order valence-electron chi connectivity index (χ3n) is 4.18. The number of rotatable bonds is 5. The number of amides is 1. The zero-order chi connectivity index (χ0) is 21.1. The van der Waals surface area contributed by atoms with E-state index in [-0.39, 0.29) is 18.1 Å². The largest absolute Gasteiger partial charge is 0.573 e. The molecule has 0 saturated carbocycles. The number of oxazole rings is 1. The van der Waals surface area contributed by atoms with E-state index in [9.17, 15) is 18.0 Å². The molecule has 0 atom stereocenters. The summed E-state index contributed by atoms with van der Waals surface area (Å²) in [6.07, 6.45) is -4.89. The van der Waals surface area contributed by atoms with Crippen molar-refractivity contribution in [2.24, 2.45) is 0 Å². The number of halogens is 3. The Labute approximate surface area is 169 Å². The number of anilines is 1. The second-order valence-electron chi connectivity index (χ2n) is 6.49. The number of benzene rings is 3. The fraction of sp³-hybridized carbons (Fsp3) is 0.0909. The Morgan fingerprint density at radius 2 is 1.80 bits per heavy atom. The molecule has 0 unspecified atom stereocenters. The number of aromatic nitrogens is 1. The molecule has 1 N–H and O–H groups in total. The molecule has 0 aliphatic heterocycles. The van der Waals surface area contributed by atoms with Crippen LogP contribution in [0.2, 0.25) is 0 Å². The highest BCUT2D eigenvalue weighted by molar-refractivity contribution is 5.93. The van der Waals surface area contributed by atoms with Crippen LogP contribution in [0, 0.1) is 0 Å². The Hall–Kier alpha value is -3.81. The molecule has 0 bridgehead atoms. The summed E-state index contributed by atoms with van der Waals surface area (Å²) in [4.78, 5) is 16.8. The van der Waals surface area contributed by atoms with Crippen molar-refractivity contribution in [3.8, 4) is 17.2 Å². The lowest BCUT2D eigenvalue weighted by atomic mass is 10.1. The lowest BCUT2D eigenvalue weighted by molar-refractivity contribution is -0.274. The first-order valence-corrected chi connectivity index (χ1v) is 8.96. The minimum atomic E-state index is -4.79. The molecule has 0 spiro atoms. The van der Waals surface area contributed by atoms with Gasteiger partial charge in [-0.25, -0.2) is 4.98 Å². The van der Waals surface area contributed by atoms with Gasteiger partial charge in [0.2, 0.25) is 11.8 Å². The molecule has 152 valence electrons. The second kappa shape index (κ2) is 7.90. The predicted molar refractivity (Wildman–Crippen MR) is 105 cm³/mol. The number of carbonyl (C=O) groups is 1. The molecule has 0 radical (unpaired) electrons. The monoisotopic (exact) mass is 412 g/mol. The molecule has 1 amide bonds. The fourth-order valence-corrected chi connectivity index (χ4v) is 2.97. The third kappa shape index (κ3) is 4.78. The van der Waals surface area contributed by atoms with Crippen LogP contribution in [0.15, 0.2) is 77.2 Å². The quantitative estimate of drug-likeness (QED) is 0.465. The molecule has 0 saturated heterocycles. The smallest absolute Gasteiger partial charge is 0.436 e. The zero-order valence-electron chi connectivity index (χ0n) is 15.4. The molecule has 4 rings (SSSR count). The van der Waals surface area contributed by atoms with Crippen molar-refractivity contribution in [1.29, 1.82) is 0 Å². The van der Waals surface area contributed by atoms with Crippen LogP contribution in [-0.2, 0) is 11.2 Å². The molecule has 3 aromatic carbocycles. The van der Waals surface area contributed by atoms with Crippen LogP contribution in [0.1, 0.15) is 5.56 Å². The van der Waals surface area contributed by atoms with Crippen LogP contribution in [-0.4, -0.2) is 17.3 Å². The normalized spacial score (nSPS) is 11.4. The molecule has 0 aliphatic carbocycles. The van der Waals surface area contributed by atoms with Crippen molar-refractivity contribution < 1.29 is 27.1 Å². The van der Waals surface area contributed by atoms with E-state index in [1.807, 2.05) is 24.3 Å². The van der Waals surface area contributed by atoms with E-state index in [0.717, 1.165) is 5.52 Å². The van der Waals surface area contributed by atoms with Gasteiger partial charge in [0, 0.05) is 11.3 Å². The highest BCUT2D eigenvalue weighted by Crippen LogP contribution is 2.26. The summed E-state index contributed by atoms with van der Waals surface area (Å²) >= 11 is 0. The number of para-hydroxylation sites is 2. The molecule has 0 fully saturated rings. The van der Waals surface area contributed by atoms with Crippen LogP contribution in [0.4, 0.5) is 18.9 Å². The van der Waals surface area contributed by atoms with Crippen LogP contribution >= 0.6 is 0 Å². The van der Waals surface area contributed by atoms with Gasteiger partial charge in [-0.3, -0.25) is 4.79 Å².